The molecule has 0 aromatic heterocycles. The third-order valence-corrected chi connectivity index (χ3v) is 4.40. The zero-order valence-corrected chi connectivity index (χ0v) is 11.9. The molecule has 1 aromatic rings. The number of benzene rings is 1. The van der Waals surface area contributed by atoms with E-state index >= 15 is 0 Å². The van der Waals surface area contributed by atoms with Crippen LogP contribution in [0.3, 0.4) is 0 Å². The normalized spacial score (nSPS) is 19.1. The molecule has 0 bridgehead atoms. The molecule has 2 rings (SSSR count). The minimum Gasteiger partial charge on any atom is -0.322 e. The Bertz CT molecular complexity index is 392. The van der Waals surface area contributed by atoms with Crippen LogP contribution in [0.5, 0.6) is 0 Å². The van der Waals surface area contributed by atoms with Crippen LogP contribution in [0.15, 0.2) is 24.3 Å². The van der Waals surface area contributed by atoms with Gasteiger partial charge in [0, 0.05) is 11.6 Å². The lowest BCUT2D eigenvalue weighted by Gasteiger charge is -2.40. The van der Waals surface area contributed by atoms with Gasteiger partial charge in [-0.1, -0.05) is 31.2 Å². The van der Waals surface area contributed by atoms with Crippen molar-refractivity contribution in [2.24, 2.45) is 5.73 Å². The Kier molecular flexibility index (Phi) is 4.08. The first kappa shape index (κ1) is 13.6. The summed E-state index contributed by atoms with van der Waals surface area (Å²) in [5.41, 5.74) is 9.22. The lowest BCUT2D eigenvalue weighted by molar-refractivity contribution is 0.124. The SMILES string of the molecule is CCc1cccc(C(N)C(C)(C)N2CCCC2)c1. The molecular weight excluding hydrogens is 220 g/mol. The molecule has 0 spiro atoms. The van der Waals surface area contributed by atoms with E-state index in [1.807, 2.05) is 0 Å². The molecule has 0 saturated carbocycles. The van der Waals surface area contributed by atoms with Gasteiger partial charge in [0.15, 0.2) is 0 Å². The van der Waals surface area contributed by atoms with Crippen LogP contribution in [0.1, 0.15) is 50.8 Å². The Labute approximate surface area is 111 Å². The van der Waals surface area contributed by atoms with Crippen LogP contribution >= 0.6 is 0 Å². The second-order valence-electron chi connectivity index (χ2n) is 5.92. The standard InChI is InChI=1S/C16H26N2/c1-4-13-8-7-9-14(12-13)15(17)16(2,3)18-10-5-6-11-18/h7-9,12,15H,4-6,10-11,17H2,1-3H3. The molecule has 1 unspecified atom stereocenters. The molecule has 0 aliphatic carbocycles. The van der Waals surface area contributed by atoms with Gasteiger partial charge in [-0.15, -0.1) is 0 Å². The number of likely N-dealkylation sites (tertiary alicyclic amines) is 1. The smallest absolute Gasteiger partial charge is 0.0476 e. The Morgan fingerprint density at radius 2 is 1.94 bits per heavy atom. The van der Waals surface area contributed by atoms with Gasteiger partial charge in [-0.05, 0) is 57.3 Å². The maximum Gasteiger partial charge on any atom is 0.0476 e. The van der Waals surface area contributed by atoms with E-state index in [4.69, 9.17) is 5.73 Å². The summed E-state index contributed by atoms with van der Waals surface area (Å²) in [6.07, 6.45) is 3.70. The molecule has 1 atom stereocenters. The Morgan fingerprint density at radius 1 is 1.28 bits per heavy atom. The fourth-order valence-corrected chi connectivity index (χ4v) is 2.90. The highest BCUT2D eigenvalue weighted by molar-refractivity contribution is 5.28. The van der Waals surface area contributed by atoms with E-state index in [0.29, 0.717) is 0 Å². The van der Waals surface area contributed by atoms with Crippen LogP contribution in [-0.2, 0) is 6.42 Å². The molecule has 2 N–H and O–H groups in total. The Morgan fingerprint density at radius 3 is 2.56 bits per heavy atom. The maximum atomic E-state index is 6.53. The summed E-state index contributed by atoms with van der Waals surface area (Å²) in [6, 6.07) is 8.83. The fourth-order valence-electron chi connectivity index (χ4n) is 2.90. The lowest BCUT2D eigenvalue weighted by atomic mass is 9.87. The molecule has 0 radical (unpaired) electrons. The van der Waals surface area contributed by atoms with E-state index in [1.165, 1.54) is 37.1 Å². The van der Waals surface area contributed by atoms with Crippen molar-refractivity contribution in [2.75, 3.05) is 13.1 Å². The number of rotatable bonds is 4. The Hall–Kier alpha value is -0.860. The molecule has 1 aromatic carbocycles. The van der Waals surface area contributed by atoms with Crippen molar-refractivity contribution in [1.29, 1.82) is 0 Å². The number of hydrogen-bond acceptors (Lipinski definition) is 2. The highest BCUT2D eigenvalue weighted by Crippen LogP contribution is 2.32. The molecule has 18 heavy (non-hydrogen) atoms. The summed E-state index contributed by atoms with van der Waals surface area (Å²) in [7, 11) is 0. The van der Waals surface area contributed by atoms with Crippen molar-refractivity contribution >= 4 is 0 Å². The van der Waals surface area contributed by atoms with Crippen LogP contribution in [0, 0.1) is 0 Å². The van der Waals surface area contributed by atoms with Gasteiger partial charge in [0.1, 0.15) is 0 Å². The van der Waals surface area contributed by atoms with E-state index in [-0.39, 0.29) is 11.6 Å². The van der Waals surface area contributed by atoms with Crippen LogP contribution in [0.4, 0.5) is 0 Å². The zero-order chi connectivity index (χ0) is 13.2. The van der Waals surface area contributed by atoms with Gasteiger partial charge >= 0.3 is 0 Å². The summed E-state index contributed by atoms with van der Waals surface area (Å²) < 4.78 is 0. The monoisotopic (exact) mass is 246 g/mol. The van der Waals surface area contributed by atoms with Gasteiger partial charge in [-0.3, -0.25) is 4.90 Å². The van der Waals surface area contributed by atoms with Crippen LogP contribution < -0.4 is 5.73 Å². The predicted molar refractivity (Wildman–Crippen MR) is 77.6 cm³/mol. The summed E-state index contributed by atoms with van der Waals surface area (Å²) >= 11 is 0. The fraction of sp³-hybridized carbons (Fsp3) is 0.625. The van der Waals surface area contributed by atoms with Gasteiger partial charge in [-0.25, -0.2) is 0 Å². The van der Waals surface area contributed by atoms with Gasteiger partial charge in [0.25, 0.3) is 0 Å². The molecule has 1 aliphatic rings. The quantitative estimate of drug-likeness (QED) is 0.884. The van der Waals surface area contributed by atoms with Gasteiger partial charge in [0.05, 0.1) is 0 Å². The van der Waals surface area contributed by atoms with Crippen molar-refractivity contribution in [3.05, 3.63) is 35.4 Å². The molecule has 1 fully saturated rings. The predicted octanol–water partition coefficient (Wildman–Crippen LogP) is 3.12. The number of hydrogen-bond donors (Lipinski definition) is 1. The summed E-state index contributed by atoms with van der Waals surface area (Å²) in [5, 5.41) is 0. The summed E-state index contributed by atoms with van der Waals surface area (Å²) in [6.45, 7) is 9.13. The van der Waals surface area contributed by atoms with E-state index in [1.54, 1.807) is 0 Å². The summed E-state index contributed by atoms with van der Waals surface area (Å²) in [4.78, 5) is 2.54. The average molecular weight is 246 g/mol. The molecule has 2 nitrogen and oxygen atoms in total. The largest absolute Gasteiger partial charge is 0.322 e. The second-order valence-corrected chi connectivity index (χ2v) is 5.92. The number of nitrogens with zero attached hydrogens (tertiary/aromatic N) is 1. The molecule has 1 aliphatic heterocycles. The second kappa shape index (κ2) is 5.41. The lowest BCUT2D eigenvalue weighted by Crippen LogP contribution is -2.49. The van der Waals surface area contributed by atoms with Crippen LogP contribution in [0.2, 0.25) is 0 Å². The molecule has 1 saturated heterocycles. The average Bonchev–Trinajstić information content (AvgIpc) is 2.92. The minimum atomic E-state index is 0.0445. The first-order valence-corrected chi connectivity index (χ1v) is 7.15. The summed E-state index contributed by atoms with van der Waals surface area (Å²) in [5.74, 6) is 0. The van der Waals surface area contributed by atoms with Gasteiger partial charge in [0.2, 0.25) is 0 Å². The van der Waals surface area contributed by atoms with E-state index < -0.39 is 0 Å². The Balaban J connectivity index is 2.20. The van der Waals surface area contributed by atoms with Crippen molar-refractivity contribution in [3.8, 4) is 0 Å². The van der Waals surface area contributed by atoms with Crippen molar-refractivity contribution in [2.45, 2.75) is 51.6 Å². The number of aryl methyl sites for hydroxylation is 1. The first-order valence-electron chi connectivity index (χ1n) is 7.15. The van der Waals surface area contributed by atoms with Crippen molar-refractivity contribution in [3.63, 3.8) is 0 Å². The van der Waals surface area contributed by atoms with Crippen LogP contribution in [-0.4, -0.2) is 23.5 Å². The van der Waals surface area contributed by atoms with E-state index in [2.05, 4.69) is 49.9 Å². The van der Waals surface area contributed by atoms with E-state index in [0.717, 1.165) is 6.42 Å². The molecule has 1 heterocycles. The molecular formula is C16H26N2. The van der Waals surface area contributed by atoms with Gasteiger partial charge < -0.3 is 5.73 Å². The van der Waals surface area contributed by atoms with Crippen molar-refractivity contribution in [1.82, 2.24) is 4.90 Å². The zero-order valence-electron chi connectivity index (χ0n) is 11.9. The molecule has 2 heteroatoms. The minimum absolute atomic E-state index is 0.0445. The topological polar surface area (TPSA) is 29.3 Å². The van der Waals surface area contributed by atoms with E-state index in [9.17, 15) is 0 Å². The molecule has 0 amide bonds. The highest BCUT2D eigenvalue weighted by Gasteiger charge is 2.35. The van der Waals surface area contributed by atoms with Crippen LogP contribution in [0.25, 0.3) is 0 Å². The third-order valence-electron chi connectivity index (χ3n) is 4.40. The number of nitrogens with two attached hydrogens (primary N) is 1. The maximum absolute atomic E-state index is 6.53. The third kappa shape index (κ3) is 2.60. The first-order chi connectivity index (χ1) is 8.55. The van der Waals surface area contributed by atoms with Crippen molar-refractivity contribution < 1.29 is 0 Å². The molecule has 100 valence electrons. The van der Waals surface area contributed by atoms with Gasteiger partial charge in [-0.2, -0.15) is 0 Å². The highest BCUT2D eigenvalue weighted by atomic mass is 15.2.